The normalized spacial score (nSPS) is 11.2. The Hall–Kier alpha value is -2.36. The SMILES string of the molecule is N#Cc1ccnc(-c2cn(CC(F)(F)F)cn2)c1. The van der Waals surface area contributed by atoms with Crippen LogP contribution >= 0.6 is 0 Å². The summed E-state index contributed by atoms with van der Waals surface area (Å²) in [5.41, 5.74) is 1.05. The molecule has 0 atom stereocenters. The van der Waals surface area contributed by atoms with Crippen molar-refractivity contribution in [2.24, 2.45) is 0 Å². The zero-order chi connectivity index (χ0) is 13.2. The summed E-state index contributed by atoms with van der Waals surface area (Å²) in [6, 6.07) is 4.91. The van der Waals surface area contributed by atoms with E-state index in [0.717, 1.165) is 10.9 Å². The lowest BCUT2D eigenvalue weighted by Gasteiger charge is -2.05. The van der Waals surface area contributed by atoms with E-state index in [2.05, 4.69) is 9.97 Å². The monoisotopic (exact) mass is 252 g/mol. The lowest BCUT2D eigenvalue weighted by molar-refractivity contribution is -0.140. The summed E-state index contributed by atoms with van der Waals surface area (Å²) in [5.74, 6) is 0. The maximum absolute atomic E-state index is 12.2. The second kappa shape index (κ2) is 4.49. The Labute approximate surface area is 100 Å². The first-order valence-electron chi connectivity index (χ1n) is 4.93. The molecule has 18 heavy (non-hydrogen) atoms. The molecule has 0 radical (unpaired) electrons. The van der Waals surface area contributed by atoms with Crippen LogP contribution in [0.15, 0.2) is 30.9 Å². The average Bonchev–Trinajstić information content (AvgIpc) is 2.75. The summed E-state index contributed by atoms with van der Waals surface area (Å²) >= 11 is 0. The molecular formula is C11H7F3N4. The molecular weight excluding hydrogens is 245 g/mol. The van der Waals surface area contributed by atoms with Gasteiger partial charge in [-0.1, -0.05) is 0 Å². The van der Waals surface area contributed by atoms with Crippen molar-refractivity contribution in [3.63, 3.8) is 0 Å². The highest BCUT2D eigenvalue weighted by Gasteiger charge is 2.27. The van der Waals surface area contributed by atoms with Gasteiger partial charge in [-0.2, -0.15) is 18.4 Å². The minimum Gasteiger partial charge on any atom is -0.328 e. The first-order chi connectivity index (χ1) is 8.48. The average molecular weight is 252 g/mol. The molecule has 0 fully saturated rings. The zero-order valence-corrected chi connectivity index (χ0v) is 9.02. The number of aromatic nitrogens is 3. The van der Waals surface area contributed by atoms with E-state index in [1.54, 1.807) is 0 Å². The molecule has 4 nitrogen and oxygen atoms in total. The van der Waals surface area contributed by atoms with Crippen LogP contribution in [0.25, 0.3) is 11.4 Å². The van der Waals surface area contributed by atoms with Crippen LogP contribution in [0.3, 0.4) is 0 Å². The van der Waals surface area contributed by atoms with Crippen LogP contribution in [0.5, 0.6) is 0 Å². The van der Waals surface area contributed by atoms with Crippen molar-refractivity contribution >= 4 is 0 Å². The Balaban J connectivity index is 2.27. The second-order valence-corrected chi connectivity index (χ2v) is 3.59. The molecule has 0 saturated carbocycles. The Bertz CT molecular complexity index is 595. The standard InChI is InChI=1S/C11H7F3N4/c12-11(13,14)6-18-5-10(17-7-18)9-3-8(4-15)1-2-16-9/h1-3,5,7H,6H2. The maximum Gasteiger partial charge on any atom is 0.406 e. The summed E-state index contributed by atoms with van der Waals surface area (Å²) < 4.78 is 37.4. The van der Waals surface area contributed by atoms with Crippen molar-refractivity contribution < 1.29 is 13.2 Å². The van der Waals surface area contributed by atoms with Gasteiger partial charge in [0, 0.05) is 12.4 Å². The summed E-state index contributed by atoms with van der Waals surface area (Å²) in [4.78, 5) is 7.80. The first kappa shape index (κ1) is 12.1. The largest absolute Gasteiger partial charge is 0.406 e. The fraction of sp³-hybridized carbons (Fsp3) is 0.182. The number of hydrogen-bond donors (Lipinski definition) is 0. The molecule has 0 aromatic carbocycles. The molecule has 7 heteroatoms. The Kier molecular flexibility index (Phi) is 3.02. The fourth-order valence-electron chi connectivity index (χ4n) is 1.43. The molecule has 2 aromatic heterocycles. The Morgan fingerprint density at radius 2 is 2.06 bits per heavy atom. The van der Waals surface area contributed by atoms with Crippen LogP contribution in [0, 0.1) is 11.3 Å². The number of halogens is 3. The molecule has 0 N–H and O–H groups in total. The van der Waals surface area contributed by atoms with Crippen molar-refractivity contribution in [1.82, 2.24) is 14.5 Å². The second-order valence-electron chi connectivity index (χ2n) is 3.59. The van der Waals surface area contributed by atoms with Crippen molar-refractivity contribution in [1.29, 1.82) is 5.26 Å². The smallest absolute Gasteiger partial charge is 0.328 e. The molecule has 0 saturated heterocycles. The van der Waals surface area contributed by atoms with Gasteiger partial charge in [-0.25, -0.2) is 4.98 Å². The molecule has 0 aliphatic rings. The zero-order valence-electron chi connectivity index (χ0n) is 9.02. The highest BCUT2D eigenvalue weighted by Crippen LogP contribution is 2.20. The predicted octanol–water partition coefficient (Wildman–Crippen LogP) is 2.38. The lowest BCUT2D eigenvalue weighted by atomic mass is 10.2. The molecule has 0 amide bonds. The maximum atomic E-state index is 12.2. The summed E-state index contributed by atoms with van der Waals surface area (Å²) in [7, 11) is 0. The quantitative estimate of drug-likeness (QED) is 0.824. The third-order valence-corrected chi connectivity index (χ3v) is 2.15. The molecule has 0 unspecified atom stereocenters. The van der Waals surface area contributed by atoms with Crippen molar-refractivity contribution in [3.05, 3.63) is 36.4 Å². The summed E-state index contributed by atoms with van der Waals surface area (Å²) in [6.45, 7) is -1.10. The van der Waals surface area contributed by atoms with Crippen molar-refractivity contribution in [3.8, 4) is 17.5 Å². The summed E-state index contributed by atoms with van der Waals surface area (Å²) in [6.07, 6.45) is -0.545. The van der Waals surface area contributed by atoms with Gasteiger partial charge >= 0.3 is 6.18 Å². The van der Waals surface area contributed by atoms with Crippen LogP contribution < -0.4 is 0 Å². The van der Waals surface area contributed by atoms with E-state index in [4.69, 9.17) is 5.26 Å². The third-order valence-electron chi connectivity index (χ3n) is 2.15. The van der Waals surface area contributed by atoms with Gasteiger partial charge in [-0.15, -0.1) is 0 Å². The van der Waals surface area contributed by atoms with Gasteiger partial charge in [0.1, 0.15) is 12.2 Å². The van der Waals surface area contributed by atoms with Crippen molar-refractivity contribution in [2.75, 3.05) is 0 Å². The highest BCUT2D eigenvalue weighted by molar-refractivity contribution is 5.55. The van der Waals surface area contributed by atoms with Gasteiger partial charge in [0.15, 0.2) is 0 Å². The number of nitriles is 1. The molecule has 0 aliphatic carbocycles. The van der Waals surface area contributed by atoms with Crippen LogP contribution in [0.1, 0.15) is 5.56 Å². The van der Waals surface area contributed by atoms with Gasteiger partial charge in [0.05, 0.1) is 23.7 Å². The van der Waals surface area contributed by atoms with E-state index in [9.17, 15) is 13.2 Å². The third kappa shape index (κ3) is 2.85. The number of imidazole rings is 1. The number of nitrogens with zero attached hydrogens (tertiary/aromatic N) is 4. The molecule has 0 spiro atoms. The topological polar surface area (TPSA) is 54.5 Å². The van der Waals surface area contributed by atoms with E-state index in [1.165, 1.54) is 24.5 Å². The van der Waals surface area contributed by atoms with Gasteiger partial charge in [-0.05, 0) is 12.1 Å². The molecule has 2 heterocycles. The lowest BCUT2D eigenvalue weighted by Crippen LogP contribution is -2.16. The van der Waals surface area contributed by atoms with Crippen LogP contribution in [-0.2, 0) is 6.54 Å². The van der Waals surface area contributed by atoms with E-state index in [-0.39, 0.29) is 0 Å². The molecule has 92 valence electrons. The predicted molar refractivity (Wildman–Crippen MR) is 56.2 cm³/mol. The molecule has 2 aromatic rings. The van der Waals surface area contributed by atoms with Crippen LogP contribution in [0.4, 0.5) is 13.2 Å². The fourth-order valence-corrected chi connectivity index (χ4v) is 1.43. The van der Waals surface area contributed by atoms with Gasteiger partial charge in [-0.3, -0.25) is 4.98 Å². The number of alkyl halides is 3. The number of hydrogen-bond acceptors (Lipinski definition) is 3. The number of rotatable bonds is 2. The minimum absolute atomic E-state index is 0.302. The van der Waals surface area contributed by atoms with Gasteiger partial charge in [0.25, 0.3) is 0 Å². The van der Waals surface area contributed by atoms with Crippen molar-refractivity contribution in [2.45, 2.75) is 12.7 Å². The minimum atomic E-state index is -4.29. The highest BCUT2D eigenvalue weighted by atomic mass is 19.4. The molecule has 0 bridgehead atoms. The number of pyridine rings is 1. The van der Waals surface area contributed by atoms with E-state index in [0.29, 0.717) is 17.0 Å². The summed E-state index contributed by atoms with van der Waals surface area (Å²) in [5, 5.41) is 8.71. The van der Waals surface area contributed by atoms with E-state index >= 15 is 0 Å². The van der Waals surface area contributed by atoms with E-state index in [1.807, 2.05) is 6.07 Å². The molecule has 2 rings (SSSR count). The van der Waals surface area contributed by atoms with Gasteiger partial charge in [0.2, 0.25) is 0 Å². The van der Waals surface area contributed by atoms with E-state index < -0.39 is 12.7 Å². The van der Waals surface area contributed by atoms with Crippen LogP contribution in [0.2, 0.25) is 0 Å². The molecule has 0 aliphatic heterocycles. The Morgan fingerprint density at radius 3 is 2.72 bits per heavy atom. The van der Waals surface area contributed by atoms with Gasteiger partial charge < -0.3 is 4.57 Å². The first-order valence-corrected chi connectivity index (χ1v) is 4.93. The van der Waals surface area contributed by atoms with Crippen LogP contribution in [-0.4, -0.2) is 20.7 Å². The Morgan fingerprint density at radius 1 is 1.28 bits per heavy atom.